The molecule has 7 heteroatoms. The predicted molar refractivity (Wildman–Crippen MR) is 92.0 cm³/mol. The Kier molecular flexibility index (Phi) is 3.70. The van der Waals surface area contributed by atoms with Gasteiger partial charge < -0.3 is 5.73 Å². The molecule has 1 aliphatic carbocycles. The van der Waals surface area contributed by atoms with E-state index in [1.54, 1.807) is 26.1 Å². The highest BCUT2D eigenvalue weighted by molar-refractivity contribution is 7.89. The van der Waals surface area contributed by atoms with E-state index in [2.05, 4.69) is 9.71 Å². The molecule has 1 atom stereocenters. The Bertz CT molecular complexity index is 948. The molecule has 2 aromatic rings. The smallest absolute Gasteiger partial charge is 0.241 e. The second-order valence-electron chi connectivity index (χ2n) is 6.04. The monoisotopic (exact) mass is 355 g/mol. The zero-order chi connectivity index (χ0) is 18.6. The van der Waals surface area contributed by atoms with Crippen LogP contribution < -0.4 is 10.5 Å². The molecule has 1 heterocycles. The normalized spacial score (nSPS) is 19.8. The summed E-state index contributed by atoms with van der Waals surface area (Å²) in [6.45, 7) is 1.14. The van der Waals surface area contributed by atoms with Crippen LogP contribution in [0.1, 0.15) is 40.2 Å². The number of benzene rings is 1. The molecule has 3 N–H and O–H groups in total. The Morgan fingerprint density at radius 1 is 1.48 bits per heavy atom. The van der Waals surface area contributed by atoms with E-state index in [4.69, 9.17) is 20.1 Å². The molecule has 5 nitrogen and oxygen atoms in total. The molecule has 0 amide bonds. The maximum Gasteiger partial charge on any atom is 0.241 e. The van der Waals surface area contributed by atoms with Gasteiger partial charge in [0.1, 0.15) is 5.15 Å². The molecule has 0 fully saturated rings. The second-order valence-corrected chi connectivity index (χ2v) is 8.08. The first-order chi connectivity index (χ1) is 11.5. The number of nitrogens with one attached hydrogen (secondary N) is 1. The van der Waals surface area contributed by atoms with Crippen molar-refractivity contribution in [1.29, 1.82) is 0 Å². The number of hydrogen-bond acceptors (Lipinski definition) is 4. The molecule has 0 spiro atoms. The molecule has 0 saturated heterocycles. The molecule has 0 aliphatic heterocycles. The van der Waals surface area contributed by atoms with E-state index in [9.17, 15) is 8.42 Å². The lowest BCUT2D eigenvalue weighted by atomic mass is 10.0. The van der Waals surface area contributed by atoms with E-state index in [-0.39, 0.29) is 16.1 Å². The number of pyridine rings is 1. The third kappa shape index (κ3) is 3.08. The highest BCUT2D eigenvalue weighted by Gasteiger charge is 2.27. The highest BCUT2D eigenvalue weighted by Crippen LogP contribution is 2.38. The van der Waals surface area contributed by atoms with Crippen molar-refractivity contribution in [3.05, 3.63) is 34.6 Å². The number of rotatable bonds is 4. The van der Waals surface area contributed by atoms with Gasteiger partial charge in [-0.15, -0.1) is 0 Å². The molecular weight excluding hydrogens is 334 g/mol. The Labute approximate surface area is 144 Å². The topological polar surface area (TPSA) is 85.1 Å². The van der Waals surface area contributed by atoms with Gasteiger partial charge in [0.05, 0.1) is 4.90 Å². The van der Waals surface area contributed by atoms with Crippen LogP contribution in [0.2, 0.25) is 5.15 Å². The highest BCUT2D eigenvalue weighted by atomic mass is 35.5. The van der Waals surface area contributed by atoms with Crippen molar-refractivity contribution in [3.63, 3.8) is 0 Å². The van der Waals surface area contributed by atoms with Crippen LogP contribution in [-0.2, 0) is 16.4 Å². The average molecular weight is 356 g/mol. The van der Waals surface area contributed by atoms with Gasteiger partial charge in [-0.3, -0.25) is 0 Å². The lowest BCUT2D eigenvalue weighted by Crippen LogP contribution is -2.28. The van der Waals surface area contributed by atoms with Crippen LogP contribution in [0.25, 0.3) is 10.8 Å². The SMILES string of the molecule is [2H]C([2H])(NS(=O)(=O)c1cc2c(c3cnc(Cl)cc13)CCC2N)C(C)C. The molecule has 3 rings (SSSR count). The van der Waals surface area contributed by atoms with Crippen molar-refractivity contribution in [1.82, 2.24) is 9.71 Å². The van der Waals surface area contributed by atoms with Crippen LogP contribution in [0, 0.1) is 5.92 Å². The first-order valence-corrected chi connectivity index (χ1v) is 9.29. The number of hydrogen-bond donors (Lipinski definition) is 2. The van der Waals surface area contributed by atoms with Crippen molar-refractivity contribution < 1.29 is 11.2 Å². The van der Waals surface area contributed by atoms with Crippen LogP contribution in [0.4, 0.5) is 0 Å². The maximum atomic E-state index is 12.9. The number of halogens is 1. The van der Waals surface area contributed by atoms with Gasteiger partial charge in [0.15, 0.2) is 0 Å². The Balaban J connectivity index is 2.26. The fourth-order valence-electron chi connectivity index (χ4n) is 2.87. The number of fused-ring (bicyclic) bond motifs is 3. The Hall–Kier alpha value is -1.21. The summed E-state index contributed by atoms with van der Waals surface area (Å²) in [5.74, 6) is -0.532. The zero-order valence-electron chi connectivity index (χ0n) is 14.9. The quantitative estimate of drug-likeness (QED) is 0.826. The molecular formula is C16H20ClN3O2S. The van der Waals surface area contributed by atoms with Crippen LogP contribution in [-0.4, -0.2) is 19.9 Å². The van der Waals surface area contributed by atoms with Gasteiger partial charge in [-0.1, -0.05) is 25.4 Å². The van der Waals surface area contributed by atoms with E-state index >= 15 is 0 Å². The summed E-state index contributed by atoms with van der Waals surface area (Å²) in [4.78, 5) is 4.05. The summed E-state index contributed by atoms with van der Waals surface area (Å²) in [6, 6.07) is 2.80. The van der Waals surface area contributed by atoms with Gasteiger partial charge in [-0.05, 0) is 42.0 Å². The molecule has 1 aliphatic rings. The fraction of sp³-hybridized carbons (Fsp3) is 0.438. The van der Waals surface area contributed by atoms with E-state index in [1.807, 2.05) is 0 Å². The van der Waals surface area contributed by atoms with Crippen LogP contribution >= 0.6 is 11.6 Å². The first kappa shape index (κ1) is 14.2. The molecule has 1 aromatic heterocycles. The van der Waals surface area contributed by atoms with Crippen molar-refractivity contribution in [3.8, 4) is 0 Å². The van der Waals surface area contributed by atoms with Gasteiger partial charge in [0.25, 0.3) is 0 Å². The molecule has 0 radical (unpaired) electrons. The van der Waals surface area contributed by atoms with Crippen LogP contribution in [0.5, 0.6) is 0 Å². The third-order valence-corrected chi connectivity index (χ3v) is 5.48. The van der Waals surface area contributed by atoms with E-state index in [0.717, 1.165) is 24.0 Å². The largest absolute Gasteiger partial charge is 0.324 e. The standard InChI is InChI=1S/C16H20ClN3O2S/c1-9(2)7-20-23(21,22)15-5-11-10(3-4-14(11)18)13-8-19-16(17)6-12(13)15/h5-6,8-9,14,20H,3-4,7,18H2,1-2H3/i7D2. The van der Waals surface area contributed by atoms with Gasteiger partial charge in [0, 0.05) is 32.2 Å². The summed E-state index contributed by atoms with van der Waals surface area (Å²) in [7, 11) is -4.12. The summed E-state index contributed by atoms with van der Waals surface area (Å²) in [5, 5.41) is 1.30. The summed E-state index contributed by atoms with van der Waals surface area (Å²) >= 11 is 5.98. The lowest BCUT2D eigenvalue weighted by Gasteiger charge is -2.15. The van der Waals surface area contributed by atoms with Gasteiger partial charge in [0.2, 0.25) is 10.0 Å². The summed E-state index contributed by atoms with van der Waals surface area (Å²) in [6.07, 6.45) is 3.04. The Morgan fingerprint density at radius 3 is 2.91 bits per heavy atom. The van der Waals surface area contributed by atoms with Crippen molar-refractivity contribution >= 4 is 32.4 Å². The summed E-state index contributed by atoms with van der Waals surface area (Å²) in [5.41, 5.74) is 7.87. The van der Waals surface area contributed by atoms with E-state index < -0.39 is 22.4 Å². The van der Waals surface area contributed by atoms with Crippen LogP contribution in [0.15, 0.2) is 23.2 Å². The summed E-state index contributed by atoms with van der Waals surface area (Å²) < 4.78 is 43.9. The number of nitrogens with zero attached hydrogens (tertiary/aromatic N) is 1. The van der Waals surface area contributed by atoms with Crippen molar-refractivity contribution in [2.45, 2.75) is 37.6 Å². The van der Waals surface area contributed by atoms with Crippen molar-refractivity contribution in [2.24, 2.45) is 11.7 Å². The predicted octanol–water partition coefficient (Wildman–Crippen LogP) is 2.77. The minimum atomic E-state index is -4.12. The molecule has 0 bridgehead atoms. The van der Waals surface area contributed by atoms with Crippen LogP contribution in [0.3, 0.4) is 0 Å². The zero-order valence-corrected chi connectivity index (χ0v) is 14.5. The number of aryl methyl sites for hydroxylation is 1. The molecule has 124 valence electrons. The average Bonchev–Trinajstić information content (AvgIpc) is 2.86. The second kappa shape index (κ2) is 6.02. The van der Waals surface area contributed by atoms with Gasteiger partial charge in [-0.2, -0.15) is 0 Å². The minimum Gasteiger partial charge on any atom is -0.324 e. The Morgan fingerprint density at radius 2 is 2.22 bits per heavy atom. The lowest BCUT2D eigenvalue weighted by molar-refractivity contribution is 0.560. The van der Waals surface area contributed by atoms with Gasteiger partial charge in [-0.25, -0.2) is 18.1 Å². The van der Waals surface area contributed by atoms with Gasteiger partial charge >= 0.3 is 0 Å². The molecule has 1 unspecified atom stereocenters. The molecule has 23 heavy (non-hydrogen) atoms. The number of nitrogens with two attached hydrogens (primary N) is 1. The number of sulfonamides is 1. The first-order valence-electron chi connectivity index (χ1n) is 8.43. The van der Waals surface area contributed by atoms with E-state index in [1.165, 1.54) is 6.07 Å². The molecule has 0 saturated carbocycles. The number of aromatic nitrogens is 1. The minimum absolute atomic E-state index is 0.0209. The third-order valence-electron chi connectivity index (χ3n) is 3.97. The van der Waals surface area contributed by atoms with E-state index in [0.29, 0.717) is 10.8 Å². The molecule has 1 aromatic carbocycles. The van der Waals surface area contributed by atoms with Crippen molar-refractivity contribution in [2.75, 3.05) is 6.50 Å². The maximum absolute atomic E-state index is 12.9. The fourth-order valence-corrected chi connectivity index (χ4v) is 4.27.